The van der Waals surface area contributed by atoms with Gasteiger partial charge in [-0.05, 0) is 36.6 Å². The van der Waals surface area contributed by atoms with Crippen molar-refractivity contribution < 1.29 is 9.00 Å². The van der Waals surface area contributed by atoms with Gasteiger partial charge in [-0.3, -0.25) is 4.79 Å². The van der Waals surface area contributed by atoms with E-state index in [1.54, 1.807) is 0 Å². The summed E-state index contributed by atoms with van der Waals surface area (Å²) in [5.41, 5.74) is 2.38. The Labute approximate surface area is 223 Å². The minimum atomic E-state index is -3.19. The van der Waals surface area contributed by atoms with Crippen LogP contribution in [0.4, 0.5) is 0 Å². The smallest absolute Gasteiger partial charge is 0.260 e. The maximum Gasteiger partial charge on any atom is 0.260 e. The monoisotopic (exact) mass is 600 g/mol. The average Bonchev–Trinajstić information content (AvgIpc) is 3.27. The number of amides is 1. The lowest BCUT2D eigenvalue weighted by Crippen LogP contribution is -2.39. The summed E-state index contributed by atoms with van der Waals surface area (Å²) < 4.78 is 22.3. The van der Waals surface area contributed by atoms with E-state index in [0.717, 1.165) is 16.4 Å². The molecule has 6 heteroatoms. The lowest BCUT2D eigenvalue weighted by molar-refractivity contribution is -0.124. The second-order valence-electron chi connectivity index (χ2n) is 10.4. The molecule has 0 spiro atoms. The van der Waals surface area contributed by atoms with Crippen molar-refractivity contribution in [3.05, 3.63) is 102 Å². The fourth-order valence-electron chi connectivity index (χ4n) is 4.69. The van der Waals surface area contributed by atoms with E-state index >= 15 is 4.21 Å². The molecule has 0 aromatic heterocycles. The number of rotatable bonds is 5. The van der Waals surface area contributed by atoms with Crippen molar-refractivity contribution in [3.63, 3.8) is 0 Å². The zero-order valence-corrected chi connectivity index (χ0v) is 23.8. The Morgan fingerprint density at radius 2 is 1.49 bits per heavy atom. The van der Waals surface area contributed by atoms with Crippen LogP contribution in [0.25, 0.3) is 0 Å². The molecule has 2 atom stereocenters. The number of hydrogen-bond acceptors (Lipinski definition) is 2. The van der Waals surface area contributed by atoms with Crippen LogP contribution in [0.1, 0.15) is 43.9 Å². The third-order valence-electron chi connectivity index (χ3n) is 6.74. The van der Waals surface area contributed by atoms with Crippen LogP contribution in [-0.4, -0.2) is 31.4 Å². The fourth-order valence-corrected chi connectivity index (χ4v) is 8.16. The van der Waals surface area contributed by atoms with E-state index in [1.165, 1.54) is 11.1 Å². The molecule has 1 aliphatic heterocycles. The Balaban J connectivity index is 1.94. The molecule has 184 valence electrons. The normalized spacial score (nSPS) is 19.7. The lowest BCUT2D eigenvalue weighted by atomic mass is 9.73. The Morgan fingerprint density at radius 3 is 1.94 bits per heavy atom. The van der Waals surface area contributed by atoms with Crippen LogP contribution in [0.2, 0.25) is 0 Å². The summed E-state index contributed by atoms with van der Waals surface area (Å²) >= 11 is 2.38. The molecule has 35 heavy (non-hydrogen) atoms. The van der Waals surface area contributed by atoms with Gasteiger partial charge in [0, 0.05) is 27.8 Å². The van der Waals surface area contributed by atoms with Crippen LogP contribution >= 0.6 is 22.6 Å². The highest BCUT2D eigenvalue weighted by molar-refractivity contribution is 14.1. The number of nitrogens with zero attached hydrogens (tertiary/aromatic N) is 2. The van der Waals surface area contributed by atoms with E-state index in [0.29, 0.717) is 11.4 Å². The number of halogens is 1. The van der Waals surface area contributed by atoms with Crippen LogP contribution in [0.3, 0.4) is 0 Å². The molecule has 0 radical (unpaired) electrons. The third-order valence-corrected chi connectivity index (χ3v) is 10.1. The van der Waals surface area contributed by atoms with Gasteiger partial charge < -0.3 is 0 Å². The van der Waals surface area contributed by atoms with Gasteiger partial charge in [-0.25, -0.2) is 8.51 Å². The zero-order valence-electron chi connectivity index (χ0n) is 20.8. The van der Waals surface area contributed by atoms with Crippen LogP contribution in [0.5, 0.6) is 0 Å². The van der Waals surface area contributed by atoms with E-state index < -0.39 is 15.3 Å². The predicted molar refractivity (Wildman–Crippen MR) is 152 cm³/mol. The fraction of sp³-hybridized carbons (Fsp3) is 0.345. The number of carbonyl (C=O) groups is 1. The molecule has 1 heterocycles. The molecular formula is C29H33IN2O2S. The number of benzene rings is 3. The maximum absolute atomic E-state index is 15.0. The predicted octanol–water partition coefficient (Wildman–Crippen LogP) is 6.81. The molecule has 1 aliphatic rings. The maximum atomic E-state index is 15.0. The largest absolute Gasteiger partial charge is 0.271 e. The summed E-state index contributed by atoms with van der Waals surface area (Å²) in [4.78, 5) is 13.8. The van der Waals surface area contributed by atoms with Gasteiger partial charge in [0.25, 0.3) is 5.91 Å². The van der Waals surface area contributed by atoms with Gasteiger partial charge in [0.2, 0.25) is 0 Å². The molecule has 1 amide bonds. The van der Waals surface area contributed by atoms with E-state index in [9.17, 15) is 4.79 Å². The summed E-state index contributed by atoms with van der Waals surface area (Å²) in [6.45, 7) is 7.99. The summed E-state index contributed by atoms with van der Waals surface area (Å²) in [5.74, 6) is -0.341. The highest BCUT2D eigenvalue weighted by Gasteiger charge is 2.50. The molecule has 3 aromatic rings. The van der Waals surface area contributed by atoms with Gasteiger partial charge in [0.15, 0.2) is 0 Å². The molecule has 0 N–H and O–H groups in total. The second kappa shape index (κ2) is 10.1. The first-order valence-corrected chi connectivity index (χ1v) is 14.9. The van der Waals surface area contributed by atoms with Gasteiger partial charge in [0.05, 0.1) is 4.90 Å². The molecule has 3 aromatic carbocycles. The molecule has 4 nitrogen and oxygen atoms in total. The number of aryl methyl sites for hydroxylation is 1. The molecule has 0 saturated carbocycles. The number of hydrogen-bond donors (Lipinski definition) is 0. The van der Waals surface area contributed by atoms with Crippen molar-refractivity contribution in [1.29, 1.82) is 0 Å². The first-order valence-electron chi connectivity index (χ1n) is 11.9. The molecule has 1 fully saturated rings. The van der Waals surface area contributed by atoms with Gasteiger partial charge in [-0.15, -0.1) is 4.36 Å². The van der Waals surface area contributed by atoms with Gasteiger partial charge >= 0.3 is 0 Å². The minimum Gasteiger partial charge on any atom is -0.271 e. The summed E-state index contributed by atoms with van der Waals surface area (Å²) in [6.07, 6.45) is 0.798. The van der Waals surface area contributed by atoms with Gasteiger partial charge in [-0.1, -0.05) is 122 Å². The first kappa shape index (κ1) is 26.0. The van der Waals surface area contributed by atoms with Gasteiger partial charge in [-0.2, -0.15) is 0 Å². The quantitative estimate of drug-likeness (QED) is 0.239. The molecule has 0 aliphatic carbocycles. The summed E-state index contributed by atoms with van der Waals surface area (Å²) in [7, 11) is -3.19. The Kier molecular flexibility index (Phi) is 7.55. The molecule has 4 rings (SSSR count). The van der Waals surface area contributed by atoms with Gasteiger partial charge in [0.1, 0.15) is 9.92 Å². The Bertz CT molecular complexity index is 1250. The van der Waals surface area contributed by atoms with E-state index in [4.69, 9.17) is 0 Å². The Hall–Kier alpha value is -2.03. The Morgan fingerprint density at radius 1 is 0.971 bits per heavy atom. The molecule has 0 bridgehead atoms. The molecular weight excluding hydrogens is 567 g/mol. The lowest BCUT2D eigenvalue weighted by Gasteiger charge is -2.32. The zero-order chi connectivity index (χ0) is 25.3. The van der Waals surface area contributed by atoms with Crippen molar-refractivity contribution in [2.45, 2.75) is 50.5 Å². The highest BCUT2D eigenvalue weighted by atomic mass is 127. The summed E-state index contributed by atoms with van der Waals surface area (Å²) in [5, 5.41) is 0. The average molecular weight is 601 g/mol. The van der Waals surface area contributed by atoms with Crippen LogP contribution in [-0.2, 0) is 20.1 Å². The van der Waals surface area contributed by atoms with Crippen LogP contribution in [0, 0.1) is 12.3 Å². The standard InChI is InChI=1S/C29H33IN2O2S/c1-22-15-17-26(18-16-22)35(34,31-27(33)28(2,3)4)32-21-29(19-25(32)20-30,23-11-7-5-8-12-23)24-13-9-6-10-14-24/h5-18,25H,19-21H2,1-4H3. The van der Waals surface area contributed by atoms with Crippen LogP contribution in [0.15, 0.2) is 94.2 Å². The first-order chi connectivity index (χ1) is 16.6. The number of alkyl halides is 1. The van der Waals surface area contributed by atoms with Crippen molar-refractivity contribution in [3.8, 4) is 0 Å². The second-order valence-corrected chi connectivity index (χ2v) is 13.4. The minimum absolute atomic E-state index is 0.0127. The number of carbonyl (C=O) groups excluding carboxylic acids is 1. The van der Waals surface area contributed by atoms with E-state index in [1.807, 2.05) is 68.4 Å². The summed E-state index contributed by atoms with van der Waals surface area (Å²) in [6, 6.07) is 28.6. The SMILES string of the molecule is Cc1ccc(S(=O)(=NC(=O)C(C)(C)C)N2CC(c3ccccc3)(c3ccccc3)CC2CI)cc1. The third kappa shape index (κ3) is 5.11. The topological polar surface area (TPSA) is 49.7 Å². The highest BCUT2D eigenvalue weighted by Crippen LogP contribution is 2.46. The van der Waals surface area contributed by atoms with Crippen molar-refractivity contribution in [2.24, 2.45) is 9.78 Å². The van der Waals surface area contributed by atoms with Crippen molar-refractivity contribution >= 4 is 38.4 Å². The molecule has 1 saturated heterocycles. The molecule has 2 unspecified atom stereocenters. The van der Waals surface area contributed by atoms with E-state index in [-0.39, 0.29) is 17.4 Å². The van der Waals surface area contributed by atoms with Crippen molar-refractivity contribution in [2.75, 3.05) is 11.0 Å². The van der Waals surface area contributed by atoms with E-state index in [2.05, 4.69) is 75.5 Å². The van der Waals surface area contributed by atoms with Crippen molar-refractivity contribution in [1.82, 2.24) is 4.31 Å². The van der Waals surface area contributed by atoms with Crippen LogP contribution < -0.4 is 0 Å².